The molecule has 0 aliphatic rings. The molecule has 0 aliphatic carbocycles. The van der Waals surface area contributed by atoms with Gasteiger partial charge in [-0.2, -0.15) is 0 Å². The van der Waals surface area contributed by atoms with Crippen LogP contribution in [0.4, 0.5) is 4.79 Å². The fourth-order valence-electron chi connectivity index (χ4n) is 3.29. The van der Waals surface area contributed by atoms with Gasteiger partial charge >= 0.3 is 6.16 Å². The highest BCUT2D eigenvalue weighted by atomic mass is 16.7. The smallest absolute Gasteiger partial charge is 0.395 e. The summed E-state index contributed by atoms with van der Waals surface area (Å²) in [6, 6.07) is 15.1. The van der Waals surface area contributed by atoms with Crippen molar-refractivity contribution in [1.82, 2.24) is 4.90 Å². The Morgan fingerprint density at radius 2 is 1.68 bits per heavy atom. The topological polar surface area (TPSA) is 59.0 Å². The number of carbonyl (C=O) groups is 1. The molecule has 0 heterocycles. The van der Waals surface area contributed by atoms with Crippen LogP contribution in [0.15, 0.2) is 48.5 Å². The zero-order valence-electron chi connectivity index (χ0n) is 17.2. The lowest BCUT2D eigenvalue weighted by Crippen LogP contribution is -2.37. The van der Waals surface area contributed by atoms with Crippen LogP contribution >= 0.6 is 0 Å². The molecule has 0 saturated carbocycles. The second kappa shape index (κ2) is 10.8. The molecule has 2 aromatic rings. The molecule has 0 radical (unpaired) electrons. The van der Waals surface area contributed by atoms with Crippen LogP contribution in [0.1, 0.15) is 45.2 Å². The monoisotopic (exact) mass is 385 g/mol. The number of aliphatic hydroxyl groups excluding tert-OH is 1. The number of hydrogen-bond acceptors (Lipinski definition) is 5. The normalized spacial score (nSPS) is 11.3. The molecule has 152 valence electrons. The van der Waals surface area contributed by atoms with Crippen molar-refractivity contribution in [3.05, 3.63) is 59.7 Å². The zero-order valence-corrected chi connectivity index (χ0v) is 17.2. The molecule has 0 bridgehead atoms. The number of ether oxygens (including phenoxy) is 2. The summed E-state index contributed by atoms with van der Waals surface area (Å²) in [5.74, 6) is 0.907. The lowest BCUT2D eigenvalue weighted by Gasteiger charge is -2.30. The van der Waals surface area contributed by atoms with E-state index in [2.05, 4.69) is 32.6 Å². The van der Waals surface area contributed by atoms with Crippen molar-refractivity contribution in [3.8, 4) is 11.5 Å². The van der Waals surface area contributed by atoms with Gasteiger partial charge in [0.15, 0.2) is 0 Å². The number of benzene rings is 2. The molecule has 2 rings (SSSR count). The first-order valence-corrected chi connectivity index (χ1v) is 9.83. The van der Waals surface area contributed by atoms with Gasteiger partial charge < -0.3 is 14.6 Å². The number of rotatable bonds is 9. The first-order valence-electron chi connectivity index (χ1n) is 9.83. The van der Waals surface area contributed by atoms with Crippen LogP contribution in [0, 0.1) is 0 Å². The van der Waals surface area contributed by atoms with Crippen molar-refractivity contribution in [2.75, 3.05) is 6.54 Å². The van der Waals surface area contributed by atoms with Gasteiger partial charge in [0.05, 0.1) is 6.61 Å². The third-order valence-electron chi connectivity index (χ3n) is 4.63. The minimum atomic E-state index is -0.768. The second-order valence-electron chi connectivity index (χ2n) is 7.40. The van der Waals surface area contributed by atoms with E-state index in [1.165, 1.54) is 0 Å². The van der Waals surface area contributed by atoms with Crippen molar-refractivity contribution in [1.29, 1.82) is 0 Å². The third kappa shape index (κ3) is 6.66. The molecular weight excluding hydrogens is 354 g/mol. The molecule has 0 aromatic heterocycles. The molecule has 0 atom stereocenters. The van der Waals surface area contributed by atoms with Gasteiger partial charge in [-0.05, 0) is 82.5 Å². The average molecular weight is 386 g/mol. The molecular formula is C23H31NO4. The van der Waals surface area contributed by atoms with Crippen LogP contribution in [0.5, 0.6) is 11.5 Å². The number of aryl methyl sites for hydroxylation is 1. The van der Waals surface area contributed by atoms with Gasteiger partial charge in [0, 0.05) is 12.1 Å². The van der Waals surface area contributed by atoms with Crippen LogP contribution < -0.4 is 9.47 Å². The minimum absolute atomic E-state index is 0.0497. The highest BCUT2D eigenvalue weighted by molar-refractivity contribution is 5.67. The standard InChI is InChI=1S/C23H31NO4/c1-17(2)24(18(3)4)14-8-9-20-15-19(16-25)12-13-22(20)28-23(26)27-21-10-6-5-7-11-21/h5-7,10-13,15,17-18,25H,8-9,14,16H2,1-4H3. The molecule has 0 spiro atoms. The average Bonchev–Trinajstić information content (AvgIpc) is 2.66. The van der Waals surface area contributed by atoms with Gasteiger partial charge in [0.1, 0.15) is 11.5 Å². The molecule has 0 saturated heterocycles. The first-order chi connectivity index (χ1) is 13.4. The summed E-state index contributed by atoms with van der Waals surface area (Å²) in [7, 11) is 0. The van der Waals surface area contributed by atoms with E-state index < -0.39 is 6.16 Å². The van der Waals surface area contributed by atoms with Crippen molar-refractivity contribution in [3.63, 3.8) is 0 Å². The van der Waals surface area contributed by atoms with Crippen molar-refractivity contribution < 1.29 is 19.4 Å². The zero-order chi connectivity index (χ0) is 20.5. The predicted molar refractivity (Wildman–Crippen MR) is 111 cm³/mol. The van der Waals surface area contributed by atoms with E-state index in [0.29, 0.717) is 23.6 Å². The number of para-hydroxylation sites is 1. The maximum atomic E-state index is 12.1. The molecule has 0 aliphatic heterocycles. The summed E-state index contributed by atoms with van der Waals surface area (Å²) >= 11 is 0. The number of nitrogens with zero attached hydrogens (tertiary/aromatic N) is 1. The Labute approximate surface area is 167 Å². The third-order valence-corrected chi connectivity index (χ3v) is 4.63. The van der Waals surface area contributed by atoms with Crippen LogP contribution in [0.25, 0.3) is 0 Å². The summed E-state index contributed by atoms with van der Waals surface area (Å²) in [6.07, 6.45) is 0.905. The lowest BCUT2D eigenvalue weighted by atomic mass is 10.0. The van der Waals surface area contributed by atoms with Crippen molar-refractivity contribution in [2.24, 2.45) is 0 Å². The maximum absolute atomic E-state index is 12.1. The van der Waals surface area contributed by atoms with E-state index in [0.717, 1.165) is 30.5 Å². The first kappa shape index (κ1) is 21.9. The van der Waals surface area contributed by atoms with Gasteiger partial charge in [-0.3, -0.25) is 4.90 Å². The molecule has 5 nitrogen and oxygen atoms in total. The van der Waals surface area contributed by atoms with Crippen LogP contribution in [-0.2, 0) is 13.0 Å². The Morgan fingerprint density at radius 3 is 2.29 bits per heavy atom. The largest absolute Gasteiger partial charge is 0.519 e. The molecule has 0 amide bonds. The quantitative estimate of drug-likeness (QED) is 0.496. The summed E-state index contributed by atoms with van der Waals surface area (Å²) < 4.78 is 10.7. The molecule has 1 N–H and O–H groups in total. The molecule has 2 aromatic carbocycles. The van der Waals surface area contributed by atoms with E-state index >= 15 is 0 Å². The number of carbonyl (C=O) groups excluding carboxylic acids is 1. The lowest BCUT2D eigenvalue weighted by molar-refractivity contribution is 0.151. The predicted octanol–water partition coefficient (Wildman–Crippen LogP) is 4.81. The van der Waals surface area contributed by atoms with E-state index in [4.69, 9.17) is 9.47 Å². The Morgan fingerprint density at radius 1 is 1.00 bits per heavy atom. The van der Waals surface area contributed by atoms with Gasteiger partial charge in [0.25, 0.3) is 0 Å². The Hall–Kier alpha value is -2.37. The Balaban J connectivity index is 2.04. The second-order valence-corrected chi connectivity index (χ2v) is 7.40. The summed E-state index contributed by atoms with van der Waals surface area (Å²) in [4.78, 5) is 14.6. The molecule has 28 heavy (non-hydrogen) atoms. The Kier molecular flexibility index (Phi) is 8.48. The fourth-order valence-corrected chi connectivity index (χ4v) is 3.29. The fraction of sp³-hybridized carbons (Fsp3) is 0.435. The highest BCUT2D eigenvalue weighted by Crippen LogP contribution is 2.23. The Bertz CT molecular complexity index is 736. The van der Waals surface area contributed by atoms with E-state index in [1.54, 1.807) is 36.4 Å². The van der Waals surface area contributed by atoms with Gasteiger partial charge in [-0.1, -0.05) is 24.3 Å². The van der Waals surface area contributed by atoms with Crippen LogP contribution in [0.3, 0.4) is 0 Å². The van der Waals surface area contributed by atoms with Crippen LogP contribution in [-0.4, -0.2) is 34.8 Å². The molecule has 5 heteroatoms. The summed E-state index contributed by atoms with van der Waals surface area (Å²) in [6.45, 7) is 9.68. The van der Waals surface area contributed by atoms with Crippen molar-refractivity contribution >= 4 is 6.16 Å². The van der Waals surface area contributed by atoms with Gasteiger partial charge in [-0.15, -0.1) is 0 Å². The van der Waals surface area contributed by atoms with E-state index in [9.17, 15) is 9.90 Å². The molecule has 0 fully saturated rings. The summed E-state index contributed by atoms with van der Waals surface area (Å²) in [5.41, 5.74) is 1.69. The van der Waals surface area contributed by atoms with Crippen LogP contribution in [0.2, 0.25) is 0 Å². The molecule has 0 unspecified atom stereocenters. The minimum Gasteiger partial charge on any atom is -0.395 e. The summed E-state index contributed by atoms with van der Waals surface area (Å²) in [5, 5.41) is 9.45. The van der Waals surface area contributed by atoms with Gasteiger partial charge in [-0.25, -0.2) is 4.79 Å². The number of aliphatic hydroxyl groups is 1. The van der Waals surface area contributed by atoms with Crippen molar-refractivity contribution in [2.45, 2.75) is 59.2 Å². The van der Waals surface area contributed by atoms with E-state index in [1.807, 2.05) is 12.1 Å². The highest BCUT2D eigenvalue weighted by Gasteiger charge is 2.15. The SMILES string of the molecule is CC(C)N(CCCc1cc(CO)ccc1OC(=O)Oc1ccccc1)C(C)C. The van der Waals surface area contributed by atoms with E-state index in [-0.39, 0.29) is 6.61 Å². The van der Waals surface area contributed by atoms with Gasteiger partial charge in [0.2, 0.25) is 0 Å². The number of hydrogen-bond donors (Lipinski definition) is 1. The maximum Gasteiger partial charge on any atom is 0.519 e.